The lowest BCUT2D eigenvalue weighted by Crippen LogP contribution is -2.40. The topological polar surface area (TPSA) is 93.5 Å². The van der Waals surface area contributed by atoms with Gasteiger partial charge in [0.25, 0.3) is 0 Å². The van der Waals surface area contributed by atoms with Crippen molar-refractivity contribution in [3.05, 3.63) is 95.8 Å². The fourth-order valence-corrected chi connectivity index (χ4v) is 6.55. The zero-order chi connectivity index (χ0) is 28.0. The number of nitrogens with one attached hydrogen (secondary N) is 1. The Morgan fingerprint density at radius 2 is 1.62 bits per heavy atom. The largest absolute Gasteiger partial charge is 0.379 e. The molecular weight excluding hydrogens is 524 g/mol. The maximum atomic E-state index is 13.2. The van der Waals surface area contributed by atoms with E-state index in [0.717, 1.165) is 41.9 Å². The van der Waals surface area contributed by atoms with Gasteiger partial charge in [0.15, 0.2) is 0 Å². The molecule has 210 valence electrons. The summed E-state index contributed by atoms with van der Waals surface area (Å²) in [5.74, 6) is 0.720. The molecule has 0 spiro atoms. The van der Waals surface area contributed by atoms with Gasteiger partial charge in [0.05, 0.1) is 35.2 Å². The van der Waals surface area contributed by atoms with Crippen LogP contribution in [0.1, 0.15) is 49.2 Å². The fraction of sp³-hybridized carbons (Fsp3) is 0.355. The smallest absolute Gasteiger partial charge is 0.243 e. The minimum Gasteiger partial charge on any atom is -0.379 e. The van der Waals surface area contributed by atoms with E-state index in [4.69, 9.17) is 9.72 Å². The Hall–Kier alpha value is -3.53. The van der Waals surface area contributed by atoms with Gasteiger partial charge in [0.2, 0.25) is 15.9 Å². The molecule has 2 heterocycles. The number of ether oxygens (including phenoxy) is 1. The van der Waals surface area contributed by atoms with Crippen LogP contribution in [0.2, 0.25) is 0 Å². The van der Waals surface area contributed by atoms with Crippen LogP contribution in [0, 0.1) is 0 Å². The first-order chi connectivity index (χ1) is 19.5. The number of rotatable bonds is 11. The molecule has 9 heteroatoms. The number of carbonyl (C=O) groups is 1. The van der Waals surface area contributed by atoms with E-state index in [-0.39, 0.29) is 23.3 Å². The van der Waals surface area contributed by atoms with Crippen molar-refractivity contribution in [1.82, 2.24) is 19.2 Å². The molecule has 0 unspecified atom stereocenters. The van der Waals surface area contributed by atoms with Gasteiger partial charge in [-0.1, -0.05) is 74.0 Å². The average Bonchev–Trinajstić information content (AvgIpc) is 3.35. The monoisotopic (exact) mass is 560 g/mol. The number of unbranched alkanes of at least 4 members (excludes halogenated alkanes) is 1. The summed E-state index contributed by atoms with van der Waals surface area (Å²) >= 11 is 0. The molecule has 1 saturated heterocycles. The molecule has 0 radical (unpaired) electrons. The Labute approximate surface area is 236 Å². The Morgan fingerprint density at radius 3 is 2.25 bits per heavy atom. The first kappa shape index (κ1) is 28.0. The second-order valence-corrected chi connectivity index (χ2v) is 12.0. The lowest BCUT2D eigenvalue weighted by atomic mass is 9.98. The van der Waals surface area contributed by atoms with Crippen LogP contribution >= 0.6 is 0 Å². The fourth-order valence-electron chi connectivity index (χ4n) is 5.12. The van der Waals surface area contributed by atoms with Crippen LogP contribution < -0.4 is 5.32 Å². The number of nitrogens with zero attached hydrogens (tertiary/aromatic N) is 3. The second kappa shape index (κ2) is 12.8. The van der Waals surface area contributed by atoms with E-state index in [2.05, 4.69) is 16.8 Å². The summed E-state index contributed by atoms with van der Waals surface area (Å²) in [4.78, 5) is 18.3. The van der Waals surface area contributed by atoms with Crippen LogP contribution in [0.25, 0.3) is 11.0 Å². The minimum absolute atomic E-state index is 0.0672. The standard InChI is InChI=1S/C31H36N4O4S/c1-2-3-18-35-28-15-14-26(40(37,38)34-19-21-39-22-20-34)23-27(28)32-29(35)16-17-30(36)33-31(24-10-6-4-7-11-24)25-12-8-5-9-13-25/h4-15,23,31H,2-3,16-22H2,1H3,(H,33,36). The van der Waals surface area contributed by atoms with Crippen molar-refractivity contribution in [3.63, 3.8) is 0 Å². The molecule has 0 bridgehead atoms. The van der Waals surface area contributed by atoms with Gasteiger partial charge in [0, 0.05) is 32.5 Å². The van der Waals surface area contributed by atoms with Gasteiger partial charge in [-0.25, -0.2) is 13.4 Å². The van der Waals surface area contributed by atoms with E-state index < -0.39 is 10.0 Å². The minimum atomic E-state index is -3.63. The molecule has 3 aromatic carbocycles. The summed E-state index contributed by atoms with van der Waals surface area (Å²) in [5.41, 5.74) is 3.56. The average molecular weight is 561 g/mol. The molecule has 1 fully saturated rings. The molecule has 1 aliphatic rings. The van der Waals surface area contributed by atoms with E-state index >= 15 is 0 Å². The van der Waals surface area contributed by atoms with E-state index in [1.807, 2.05) is 66.7 Å². The van der Waals surface area contributed by atoms with Crippen LogP contribution in [-0.2, 0) is 32.5 Å². The summed E-state index contributed by atoms with van der Waals surface area (Å²) in [5, 5.41) is 3.21. The zero-order valence-electron chi connectivity index (χ0n) is 22.8. The second-order valence-electron chi connectivity index (χ2n) is 10.0. The van der Waals surface area contributed by atoms with Crippen molar-refractivity contribution >= 4 is 27.0 Å². The number of carbonyl (C=O) groups excluding carboxylic acids is 1. The molecule has 0 atom stereocenters. The van der Waals surface area contributed by atoms with Crippen molar-refractivity contribution < 1.29 is 17.9 Å². The van der Waals surface area contributed by atoms with Crippen LogP contribution in [0.5, 0.6) is 0 Å². The third kappa shape index (κ3) is 6.27. The lowest BCUT2D eigenvalue weighted by Gasteiger charge is -2.26. The quantitative estimate of drug-likeness (QED) is 0.287. The summed E-state index contributed by atoms with van der Waals surface area (Å²) in [6.45, 7) is 4.38. The van der Waals surface area contributed by atoms with Crippen LogP contribution in [0.15, 0.2) is 83.8 Å². The van der Waals surface area contributed by atoms with Crippen LogP contribution in [0.3, 0.4) is 0 Å². The van der Waals surface area contributed by atoms with Gasteiger partial charge in [-0.2, -0.15) is 4.31 Å². The SMILES string of the molecule is CCCCn1c(CCC(=O)NC(c2ccccc2)c2ccccc2)nc2cc(S(=O)(=O)N3CCOCC3)ccc21. The highest BCUT2D eigenvalue weighted by molar-refractivity contribution is 7.89. The highest BCUT2D eigenvalue weighted by Crippen LogP contribution is 2.25. The predicted octanol–water partition coefficient (Wildman–Crippen LogP) is 4.70. The predicted molar refractivity (Wildman–Crippen MR) is 155 cm³/mol. The lowest BCUT2D eigenvalue weighted by molar-refractivity contribution is -0.121. The van der Waals surface area contributed by atoms with Crippen molar-refractivity contribution in [2.45, 2.75) is 50.1 Å². The molecule has 40 heavy (non-hydrogen) atoms. The summed E-state index contributed by atoms with van der Waals surface area (Å²) in [6.07, 6.45) is 2.69. The first-order valence-electron chi connectivity index (χ1n) is 13.9. The number of amides is 1. The highest BCUT2D eigenvalue weighted by atomic mass is 32.2. The zero-order valence-corrected chi connectivity index (χ0v) is 23.6. The maximum absolute atomic E-state index is 13.2. The van der Waals surface area contributed by atoms with Crippen molar-refractivity contribution in [3.8, 4) is 0 Å². The van der Waals surface area contributed by atoms with Gasteiger partial charge in [-0.05, 0) is 35.7 Å². The summed E-state index contributed by atoms with van der Waals surface area (Å²) in [6, 6.07) is 24.8. The molecule has 0 saturated carbocycles. The Bertz CT molecular complexity index is 1490. The van der Waals surface area contributed by atoms with Gasteiger partial charge >= 0.3 is 0 Å². The molecule has 1 amide bonds. The first-order valence-corrected chi connectivity index (χ1v) is 15.4. The molecule has 1 aliphatic heterocycles. The van der Waals surface area contributed by atoms with Gasteiger partial charge in [0.1, 0.15) is 5.82 Å². The number of imidazole rings is 1. The van der Waals surface area contributed by atoms with E-state index in [1.165, 1.54) is 4.31 Å². The number of benzene rings is 3. The van der Waals surface area contributed by atoms with Gasteiger partial charge in [-0.3, -0.25) is 4.79 Å². The number of morpholine rings is 1. The van der Waals surface area contributed by atoms with E-state index in [9.17, 15) is 13.2 Å². The van der Waals surface area contributed by atoms with Gasteiger partial charge in [-0.15, -0.1) is 0 Å². The number of hydrogen-bond acceptors (Lipinski definition) is 5. The third-order valence-electron chi connectivity index (χ3n) is 7.29. The molecular formula is C31H36N4O4S. The molecule has 1 N–H and O–H groups in total. The Balaban J connectivity index is 1.36. The summed E-state index contributed by atoms with van der Waals surface area (Å²) in [7, 11) is -3.63. The number of fused-ring (bicyclic) bond motifs is 1. The number of hydrogen-bond donors (Lipinski definition) is 1. The van der Waals surface area contributed by atoms with Crippen molar-refractivity contribution in [1.29, 1.82) is 0 Å². The highest BCUT2D eigenvalue weighted by Gasteiger charge is 2.27. The van der Waals surface area contributed by atoms with Crippen LogP contribution in [-0.4, -0.2) is 54.5 Å². The Morgan fingerprint density at radius 1 is 0.975 bits per heavy atom. The van der Waals surface area contributed by atoms with Gasteiger partial charge < -0.3 is 14.6 Å². The van der Waals surface area contributed by atoms with E-state index in [0.29, 0.717) is 38.2 Å². The summed E-state index contributed by atoms with van der Waals surface area (Å²) < 4.78 is 35.4. The Kier molecular flexibility index (Phi) is 8.94. The molecule has 1 aromatic heterocycles. The van der Waals surface area contributed by atoms with Crippen molar-refractivity contribution in [2.24, 2.45) is 0 Å². The molecule has 5 rings (SSSR count). The normalized spacial score (nSPS) is 14.6. The molecule has 8 nitrogen and oxygen atoms in total. The number of aromatic nitrogens is 2. The molecule has 0 aliphatic carbocycles. The maximum Gasteiger partial charge on any atom is 0.243 e. The third-order valence-corrected chi connectivity index (χ3v) is 9.18. The molecule has 4 aromatic rings. The van der Waals surface area contributed by atoms with Crippen molar-refractivity contribution in [2.75, 3.05) is 26.3 Å². The number of sulfonamides is 1. The number of aryl methyl sites for hydroxylation is 2. The van der Waals surface area contributed by atoms with E-state index in [1.54, 1.807) is 12.1 Å². The van der Waals surface area contributed by atoms with Crippen LogP contribution in [0.4, 0.5) is 0 Å².